The van der Waals surface area contributed by atoms with Crippen LogP contribution in [0.1, 0.15) is 35.3 Å². The molecular formula is C21H24N4O2S. The zero-order chi connectivity index (χ0) is 27.7. The van der Waals surface area contributed by atoms with Gasteiger partial charge in [-0.2, -0.15) is 0 Å². The lowest BCUT2D eigenvalue weighted by Gasteiger charge is -2.12. The molecule has 0 aliphatic heterocycles. The Balaban J connectivity index is 1.83. The van der Waals surface area contributed by atoms with E-state index in [-0.39, 0.29) is 21.7 Å². The van der Waals surface area contributed by atoms with Gasteiger partial charge in [0.2, 0.25) is 5.91 Å². The molecule has 1 heterocycles. The number of aliphatic hydroxyl groups is 1. The molecule has 3 rings (SSSR count). The second-order valence-electron chi connectivity index (χ2n) is 5.56. The van der Waals surface area contributed by atoms with E-state index in [4.69, 9.17) is 18.1 Å². The van der Waals surface area contributed by atoms with Crippen molar-refractivity contribution >= 4 is 28.1 Å². The Hall–Kier alpha value is -2.74. The van der Waals surface area contributed by atoms with Crippen molar-refractivity contribution in [2.24, 2.45) is 0 Å². The quantitative estimate of drug-likeness (QED) is 0.439. The van der Waals surface area contributed by atoms with Crippen LogP contribution in [0.5, 0.6) is 0 Å². The van der Waals surface area contributed by atoms with Crippen molar-refractivity contribution < 1.29 is 22.2 Å². The van der Waals surface area contributed by atoms with Crippen LogP contribution in [0.2, 0.25) is 0 Å². The summed E-state index contributed by atoms with van der Waals surface area (Å²) in [6, 6.07) is 4.98. The minimum Gasteiger partial charge on any atom is -0.387 e. The molecule has 0 saturated heterocycles. The van der Waals surface area contributed by atoms with Gasteiger partial charge in [-0.05, 0) is 36.1 Å². The van der Waals surface area contributed by atoms with E-state index in [1.54, 1.807) is 18.2 Å². The van der Waals surface area contributed by atoms with Crippen LogP contribution in [-0.4, -0.2) is 29.0 Å². The van der Waals surface area contributed by atoms with E-state index in [0.29, 0.717) is 0 Å². The number of hydrogen-bond donors (Lipinski definition) is 4. The van der Waals surface area contributed by atoms with Crippen molar-refractivity contribution in [1.82, 2.24) is 10.3 Å². The topological polar surface area (TPSA) is 100 Å². The van der Waals surface area contributed by atoms with Crippen LogP contribution in [0, 0.1) is 0 Å². The first-order valence-corrected chi connectivity index (χ1v) is 9.08. The predicted octanol–water partition coefficient (Wildman–Crippen LogP) is 2.77. The fraction of sp³-hybridized carbons (Fsp3) is 0.238. The van der Waals surface area contributed by atoms with Gasteiger partial charge in [0.05, 0.1) is 25.1 Å². The number of nitrogens with zero attached hydrogens (tertiary/aromatic N) is 1. The lowest BCUT2D eigenvalue weighted by atomic mass is 10.1. The van der Waals surface area contributed by atoms with Crippen LogP contribution >= 0.6 is 11.3 Å². The van der Waals surface area contributed by atoms with Crippen LogP contribution in [0.4, 0.5) is 10.8 Å². The minimum absolute atomic E-state index is 0.0273. The van der Waals surface area contributed by atoms with Crippen molar-refractivity contribution in [3.8, 4) is 0 Å². The number of benzene rings is 2. The zero-order valence-corrected chi connectivity index (χ0v) is 15.5. The van der Waals surface area contributed by atoms with Gasteiger partial charge in [0.25, 0.3) is 0 Å². The van der Waals surface area contributed by atoms with Gasteiger partial charge in [-0.15, -0.1) is 11.3 Å². The van der Waals surface area contributed by atoms with Gasteiger partial charge in [0.15, 0.2) is 5.13 Å². The summed E-state index contributed by atoms with van der Waals surface area (Å²) in [5.41, 5.74) is 4.74. The first kappa shape index (κ1) is 11.3. The third-order valence-electron chi connectivity index (χ3n) is 3.44. The highest BCUT2D eigenvalue weighted by molar-refractivity contribution is 7.13. The Bertz CT molecular complexity index is 1280. The second-order valence-corrected chi connectivity index (χ2v) is 6.39. The zero-order valence-electron chi connectivity index (χ0n) is 23.7. The highest BCUT2D eigenvalue weighted by Crippen LogP contribution is 2.14. The third kappa shape index (κ3) is 6.16. The highest BCUT2D eigenvalue weighted by atomic mass is 32.1. The molecule has 0 bridgehead atoms. The number of rotatable bonds is 9. The Morgan fingerprint density at radius 1 is 1.29 bits per heavy atom. The molecular weight excluding hydrogens is 372 g/mol. The first-order chi connectivity index (χ1) is 17.2. The molecule has 1 amide bonds. The normalized spacial score (nSPS) is 17.5. The molecule has 0 aliphatic carbocycles. The van der Waals surface area contributed by atoms with Gasteiger partial charge in [0, 0.05) is 23.0 Å². The molecule has 2 aromatic carbocycles. The number of carbonyl (C=O) groups excluding carboxylic acids is 1. The van der Waals surface area contributed by atoms with Crippen molar-refractivity contribution in [2.45, 2.75) is 18.9 Å². The first-order valence-electron chi connectivity index (χ1n) is 12.8. The number of nitrogen functional groups attached to an aromatic ring is 1. The summed E-state index contributed by atoms with van der Waals surface area (Å²) < 4.78 is 73.8. The lowest BCUT2D eigenvalue weighted by molar-refractivity contribution is -0.115. The second kappa shape index (κ2) is 9.98. The van der Waals surface area contributed by atoms with Gasteiger partial charge in [-0.3, -0.25) is 4.79 Å². The largest absolute Gasteiger partial charge is 0.387 e. The summed E-state index contributed by atoms with van der Waals surface area (Å²) in [4.78, 5) is 16.3. The summed E-state index contributed by atoms with van der Waals surface area (Å²) in [6.45, 7) is -3.28. The molecule has 6 nitrogen and oxygen atoms in total. The van der Waals surface area contributed by atoms with Crippen molar-refractivity contribution in [3.05, 3.63) is 76.7 Å². The molecule has 0 radical (unpaired) electrons. The maximum Gasteiger partial charge on any atom is 0.230 e. The summed E-state index contributed by atoms with van der Waals surface area (Å²) in [7, 11) is 0. The third-order valence-corrected chi connectivity index (χ3v) is 4.08. The molecule has 7 heteroatoms. The van der Waals surface area contributed by atoms with E-state index in [2.05, 4.69) is 15.6 Å². The van der Waals surface area contributed by atoms with Crippen LogP contribution in [0.3, 0.4) is 0 Å². The smallest absolute Gasteiger partial charge is 0.230 e. The SMILES string of the molecule is [2H]c1sc(N)nc1CC(=O)Nc1c([2H])c([2H])c(C([2H])([2H])CNC([2H])([2H])[C@@H](O)c2ccccc2)c([2H])c1[2H]. The molecule has 3 aromatic rings. The summed E-state index contributed by atoms with van der Waals surface area (Å²) >= 11 is 0.869. The number of anilines is 2. The number of thiazole rings is 1. The molecule has 1 aromatic heterocycles. The highest BCUT2D eigenvalue weighted by Gasteiger charge is 2.08. The van der Waals surface area contributed by atoms with Crippen LogP contribution in [0.25, 0.3) is 0 Å². The monoisotopic (exact) mass is 405 g/mol. The summed E-state index contributed by atoms with van der Waals surface area (Å²) in [5, 5.41) is 15.0. The van der Waals surface area contributed by atoms with Gasteiger partial charge < -0.3 is 21.5 Å². The van der Waals surface area contributed by atoms with E-state index < -0.39 is 73.3 Å². The molecule has 0 unspecified atom stereocenters. The Labute approximate surface area is 181 Å². The van der Waals surface area contributed by atoms with E-state index in [1.807, 2.05) is 0 Å². The number of carbonyl (C=O) groups is 1. The number of hydrogen-bond acceptors (Lipinski definition) is 6. The van der Waals surface area contributed by atoms with E-state index in [1.165, 1.54) is 12.1 Å². The number of amides is 1. The van der Waals surface area contributed by atoms with Gasteiger partial charge in [-0.1, -0.05) is 42.4 Å². The number of aromatic nitrogens is 1. The van der Waals surface area contributed by atoms with Crippen molar-refractivity contribution in [1.29, 1.82) is 0 Å². The standard InChI is InChI=1S/C21H24N4O2S/c22-21-25-18(14-28-21)12-20(27)24-17-8-6-15(7-9-17)10-11-23-13-19(26)16-4-2-1-3-5-16/h1-9,14,19,23,26H,10-13H2,(H2,22,25)(H,24,27)/t19-/m1/s1/i6D,7D,8D,9D,10D2,13D2,14D. The number of nitrogens with one attached hydrogen (secondary N) is 2. The van der Waals surface area contributed by atoms with Gasteiger partial charge >= 0.3 is 0 Å². The predicted molar refractivity (Wildman–Crippen MR) is 113 cm³/mol. The van der Waals surface area contributed by atoms with Gasteiger partial charge in [-0.25, -0.2) is 4.98 Å². The average molecular weight is 406 g/mol. The Morgan fingerprint density at radius 2 is 2.04 bits per heavy atom. The Kier molecular flexibility index (Phi) is 4.03. The van der Waals surface area contributed by atoms with Crippen LogP contribution < -0.4 is 16.4 Å². The van der Waals surface area contributed by atoms with E-state index in [9.17, 15) is 9.90 Å². The van der Waals surface area contributed by atoms with Crippen molar-refractivity contribution in [2.75, 3.05) is 24.1 Å². The van der Waals surface area contributed by atoms with Gasteiger partial charge in [0.1, 0.15) is 0 Å². The van der Waals surface area contributed by atoms with Crippen LogP contribution in [0.15, 0.2) is 59.9 Å². The fourth-order valence-electron chi connectivity index (χ4n) is 2.16. The molecule has 0 spiro atoms. The lowest BCUT2D eigenvalue weighted by Crippen LogP contribution is -2.23. The Morgan fingerprint density at radius 3 is 2.71 bits per heavy atom. The fourth-order valence-corrected chi connectivity index (χ4v) is 2.66. The van der Waals surface area contributed by atoms with Crippen molar-refractivity contribution in [3.63, 3.8) is 0 Å². The maximum absolute atomic E-state index is 12.4. The molecule has 0 saturated carbocycles. The molecule has 1 atom stereocenters. The van der Waals surface area contributed by atoms with E-state index >= 15 is 0 Å². The summed E-state index contributed by atoms with van der Waals surface area (Å²) in [5.74, 6) is -0.764. The molecule has 0 fully saturated rings. The molecule has 0 aliphatic rings. The molecule has 5 N–H and O–H groups in total. The average Bonchev–Trinajstić information content (AvgIpc) is 3.15. The maximum atomic E-state index is 12.4. The molecule has 28 heavy (non-hydrogen) atoms. The summed E-state index contributed by atoms with van der Waals surface area (Å²) in [6.07, 6.45) is -4.63. The number of nitrogens with two attached hydrogens (primary N) is 1. The van der Waals surface area contributed by atoms with Crippen LogP contribution in [-0.2, 0) is 17.6 Å². The minimum atomic E-state index is -2.59. The van der Waals surface area contributed by atoms with E-state index in [0.717, 1.165) is 11.3 Å². The molecule has 146 valence electrons. The number of aliphatic hydroxyl groups excluding tert-OH is 1.